The third kappa shape index (κ3) is 3.02. The maximum atomic E-state index is 6.42. The highest BCUT2D eigenvalue weighted by Crippen LogP contribution is 2.39. The molecule has 2 aliphatic heterocycles. The summed E-state index contributed by atoms with van der Waals surface area (Å²) in [6.45, 7) is 4.47. The van der Waals surface area contributed by atoms with Crippen LogP contribution in [0.25, 0.3) is 0 Å². The number of piperidine rings is 2. The molecule has 2 aliphatic rings. The van der Waals surface area contributed by atoms with Gasteiger partial charge in [0.25, 0.3) is 0 Å². The van der Waals surface area contributed by atoms with Gasteiger partial charge in [0.15, 0.2) is 0 Å². The molecule has 0 spiro atoms. The van der Waals surface area contributed by atoms with Crippen LogP contribution in [0.2, 0.25) is 0 Å². The summed E-state index contributed by atoms with van der Waals surface area (Å²) in [5.74, 6) is 0.625. The van der Waals surface area contributed by atoms with Crippen molar-refractivity contribution in [1.29, 1.82) is 0 Å². The van der Waals surface area contributed by atoms with Crippen LogP contribution >= 0.6 is 0 Å². The zero-order chi connectivity index (χ0) is 15.0. The van der Waals surface area contributed by atoms with Gasteiger partial charge in [-0.15, -0.1) is 0 Å². The first-order chi connectivity index (χ1) is 10.1. The van der Waals surface area contributed by atoms with Crippen LogP contribution in [-0.4, -0.2) is 33.6 Å². The van der Waals surface area contributed by atoms with E-state index in [0.717, 1.165) is 18.5 Å². The average molecular weight is 290 g/mol. The van der Waals surface area contributed by atoms with E-state index < -0.39 is 0 Å². The van der Waals surface area contributed by atoms with E-state index in [1.807, 2.05) is 12.5 Å². The summed E-state index contributed by atoms with van der Waals surface area (Å²) >= 11 is 0. The van der Waals surface area contributed by atoms with E-state index in [4.69, 9.17) is 5.73 Å². The summed E-state index contributed by atoms with van der Waals surface area (Å²) in [6, 6.07) is 2.21. The minimum absolute atomic E-state index is 0.118. The topological polar surface area (TPSA) is 47.1 Å². The third-order valence-electron chi connectivity index (χ3n) is 5.51. The number of fused-ring (bicyclic) bond motifs is 2. The average Bonchev–Trinajstić information content (AvgIpc) is 2.86. The highest BCUT2D eigenvalue weighted by Gasteiger charge is 2.37. The van der Waals surface area contributed by atoms with Crippen LogP contribution in [0, 0.1) is 5.92 Å². The minimum atomic E-state index is 0.118. The van der Waals surface area contributed by atoms with Crippen LogP contribution in [0.15, 0.2) is 12.5 Å². The van der Waals surface area contributed by atoms with Crippen LogP contribution in [0.1, 0.15) is 70.2 Å². The molecular weight excluding hydrogens is 260 g/mol. The smallest absolute Gasteiger partial charge is 0.0951 e. The normalized spacial score (nSPS) is 31.6. The number of imidazole rings is 1. The molecule has 0 radical (unpaired) electrons. The van der Waals surface area contributed by atoms with E-state index in [2.05, 4.69) is 35.3 Å². The molecule has 21 heavy (non-hydrogen) atoms. The van der Waals surface area contributed by atoms with Gasteiger partial charge in [0.1, 0.15) is 0 Å². The summed E-state index contributed by atoms with van der Waals surface area (Å²) in [7, 11) is 2.31. The SMILES string of the molecule is CC(C)CC(N)c1cncn1C1CC2CCCC(C1)N2C. The van der Waals surface area contributed by atoms with Gasteiger partial charge < -0.3 is 15.2 Å². The molecule has 2 saturated heterocycles. The van der Waals surface area contributed by atoms with E-state index in [0.29, 0.717) is 12.0 Å². The van der Waals surface area contributed by atoms with Crippen molar-refractivity contribution in [2.24, 2.45) is 11.7 Å². The lowest BCUT2D eigenvalue weighted by Gasteiger charge is -2.47. The van der Waals surface area contributed by atoms with Crippen molar-refractivity contribution in [2.45, 2.75) is 76.5 Å². The highest BCUT2D eigenvalue weighted by atomic mass is 15.2. The van der Waals surface area contributed by atoms with Crippen LogP contribution in [0.5, 0.6) is 0 Å². The Hall–Kier alpha value is -0.870. The minimum Gasteiger partial charge on any atom is -0.330 e. The number of nitrogens with two attached hydrogens (primary N) is 1. The van der Waals surface area contributed by atoms with Gasteiger partial charge in [-0.3, -0.25) is 0 Å². The number of nitrogens with zero attached hydrogens (tertiary/aromatic N) is 3. The van der Waals surface area contributed by atoms with Gasteiger partial charge in [-0.05, 0) is 45.1 Å². The summed E-state index contributed by atoms with van der Waals surface area (Å²) in [6.07, 6.45) is 11.6. The van der Waals surface area contributed by atoms with E-state index >= 15 is 0 Å². The molecule has 0 aliphatic carbocycles. The standard InChI is InChI=1S/C17H30N4/c1-12(2)7-16(18)17-10-19-11-21(17)15-8-13-5-4-6-14(9-15)20(13)3/h10-16H,4-9,18H2,1-3H3. The largest absolute Gasteiger partial charge is 0.330 e. The summed E-state index contributed by atoms with van der Waals surface area (Å²) in [5, 5.41) is 0. The van der Waals surface area contributed by atoms with Crippen molar-refractivity contribution in [1.82, 2.24) is 14.5 Å². The van der Waals surface area contributed by atoms with Crippen LogP contribution in [-0.2, 0) is 0 Å². The number of rotatable bonds is 4. The van der Waals surface area contributed by atoms with Crippen molar-refractivity contribution in [3.8, 4) is 0 Å². The van der Waals surface area contributed by atoms with Gasteiger partial charge in [-0.1, -0.05) is 20.3 Å². The van der Waals surface area contributed by atoms with Gasteiger partial charge in [0.2, 0.25) is 0 Å². The second kappa shape index (κ2) is 6.09. The second-order valence-corrected chi connectivity index (χ2v) is 7.49. The van der Waals surface area contributed by atoms with Gasteiger partial charge in [0.05, 0.1) is 12.0 Å². The molecule has 0 amide bonds. The quantitative estimate of drug-likeness (QED) is 0.927. The van der Waals surface area contributed by atoms with Gasteiger partial charge in [-0.25, -0.2) is 4.98 Å². The predicted molar refractivity (Wildman–Crippen MR) is 86.1 cm³/mol. The first-order valence-corrected chi connectivity index (χ1v) is 8.55. The second-order valence-electron chi connectivity index (χ2n) is 7.49. The fourth-order valence-electron chi connectivity index (χ4n) is 4.35. The van der Waals surface area contributed by atoms with Crippen LogP contribution in [0.4, 0.5) is 0 Å². The highest BCUT2D eigenvalue weighted by molar-refractivity contribution is 5.08. The Bertz CT molecular complexity index is 453. The molecule has 118 valence electrons. The van der Waals surface area contributed by atoms with Gasteiger partial charge in [-0.2, -0.15) is 0 Å². The summed E-state index contributed by atoms with van der Waals surface area (Å²) in [4.78, 5) is 7.02. The Balaban J connectivity index is 1.77. The number of hydrogen-bond acceptors (Lipinski definition) is 3. The molecule has 2 bridgehead atoms. The lowest BCUT2D eigenvalue weighted by molar-refractivity contribution is 0.0390. The van der Waals surface area contributed by atoms with E-state index in [9.17, 15) is 0 Å². The van der Waals surface area contributed by atoms with Gasteiger partial charge in [0, 0.05) is 30.4 Å². The Kier molecular flexibility index (Phi) is 4.36. The fourth-order valence-corrected chi connectivity index (χ4v) is 4.35. The fraction of sp³-hybridized carbons (Fsp3) is 0.824. The Morgan fingerprint density at radius 1 is 1.24 bits per heavy atom. The van der Waals surface area contributed by atoms with Gasteiger partial charge >= 0.3 is 0 Å². The van der Waals surface area contributed by atoms with Crippen molar-refractivity contribution < 1.29 is 0 Å². The van der Waals surface area contributed by atoms with Crippen LogP contribution in [0.3, 0.4) is 0 Å². The number of aromatic nitrogens is 2. The lowest BCUT2D eigenvalue weighted by atomic mass is 9.82. The Morgan fingerprint density at radius 3 is 2.52 bits per heavy atom. The molecule has 2 fully saturated rings. The maximum Gasteiger partial charge on any atom is 0.0951 e. The van der Waals surface area contributed by atoms with Crippen molar-refractivity contribution >= 4 is 0 Å². The molecule has 1 aromatic heterocycles. The molecule has 1 aromatic rings. The van der Waals surface area contributed by atoms with Crippen LogP contribution < -0.4 is 5.73 Å². The first-order valence-electron chi connectivity index (χ1n) is 8.55. The molecule has 2 N–H and O–H groups in total. The summed E-state index contributed by atoms with van der Waals surface area (Å²) in [5.41, 5.74) is 7.65. The van der Waals surface area contributed by atoms with Crippen molar-refractivity contribution in [2.75, 3.05) is 7.05 Å². The Labute approximate surface area is 128 Å². The van der Waals surface area contributed by atoms with E-state index in [1.54, 1.807) is 0 Å². The molecule has 3 unspecified atom stereocenters. The van der Waals surface area contributed by atoms with E-state index in [-0.39, 0.29) is 6.04 Å². The molecule has 0 aromatic carbocycles. The molecule has 3 heterocycles. The molecular formula is C17H30N4. The Morgan fingerprint density at radius 2 is 1.90 bits per heavy atom. The summed E-state index contributed by atoms with van der Waals surface area (Å²) < 4.78 is 2.39. The van der Waals surface area contributed by atoms with Crippen molar-refractivity contribution in [3.05, 3.63) is 18.2 Å². The maximum absolute atomic E-state index is 6.42. The zero-order valence-electron chi connectivity index (χ0n) is 13.7. The zero-order valence-corrected chi connectivity index (χ0v) is 13.7. The predicted octanol–water partition coefficient (Wildman–Crippen LogP) is 3.12. The first kappa shape index (κ1) is 15.0. The monoisotopic (exact) mass is 290 g/mol. The third-order valence-corrected chi connectivity index (χ3v) is 5.51. The van der Waals surface area contributed by atoms with E-state index in [1.165, 1.54) is 37.8 Å². The van der Waals surface area contributed by atoms with Crippen molar-refractivity contribution in [3.63, 3.8) is 0 Å². The molecule has 4 nitrogen and oxygen atoms in total. The number of hydrogen-bond donors (Lipinski definition) is 1. The molecule has 4 heteroatoms. The molecule has 3 rings (SSSR count). The molecule has 3 atom stereocenters. The lowest BCUT2D eigenvalue weighted by Crippen LogP contribution is -2.50. The molecule has 0 saturated carbocycles.